The second kappa shape index (κ2) is 2.64. The molecule has 1 spiro atoms. The zero-order valence-corrected chi connectivity index (χ0v) is 7.71. The van der Waals surface area contributed by atoms with Crippen molar-refractivity contribution in [3.8, 4) is 0 Å². The van der Waals surface area contributed by atoms with Crippen molar-refractivity contribution in [2.45, 2.75) is 37.6 Å². The number of nitrogens with zero attached hydrogens (tertiary/aromatic N) is 2. The van der Waals surface area contributed by atoms with Gasteiger partial charge >= 0.3 is 0 Å². The molecule has 1 saturated carbocycles. The number of guanidine groups is 1. The van der Waals surface area contributed by atoms with Gasteiger partial charge in [-0.15, -0.1) is 0 Å². The van der Waals surface area contributed by atoms with Crippen LogP contribution >= 0.6 is 0 Å². The molecule has 2 rings (SSSR count). The first-order valence-electron chi connectivity index (χ1n) is 4.78. The summed E-state index contributed by atoms with van der Waals surface area (Å²) in [5.74, 6) is 0.733. The summed E-state index contributed by atoms with van der Waals surface area (Å²) in [6.07, 6.45) is 6.61. The Kier molecular flexibility index (Phi) is 1.74. The summed E-state index contributed by atoms with van der Waals surface area (Å²) in [6.45, 7) is 0.926. The summed E-state index contributed by atoms with van der Waals surface area (Å²) in [6, 6.07) is 0. The van der Waals surface area contributed by atoms with E-state index in [0.717, 1.165) is 12.5 Å². The number of hydrogen-bond donors (Lipinski definition) is 1. The Labute approximate surface area is 73.6 Å². The molecule has 12 heavy (non-hydrogen) atoms. The number of aliphatic imine (C=N–C) groups is 1. The zero-order chi connectivity index (χ0) is 8.60. The van der Waals surface area contributed by atoms with Crippen LogP contribution in [0.1, 0.15) is 32.1 Å². The van der Waals surface area contributed by atoms with E-state index in [4.69, 9.17) is 5.73 Å². The lowest BCUT2D eigenvalue weighted by Crippen LogP contribution is -2.50. The van der Waals surface area contributed by atoms with Crippen molar-refractivity contribution in [3.63, 3.8) is 0 Å². The van der Waals surface area contributed by atoms with Gasteiger partial charge in [-0.25, -0.2) is 0 Å². The van der Waals surface area contributed by atoms with E-state index >= 15 is 0 Å². The largest absolute Gasteiger partial charge is 0.370 e. The van der Waals surface area contributed by atoms with Gasteiger partial charge in [0.2, 0.25) is 0 Å². The van der Waals surface area contributed by atoms with E-state index in [2.05, 4.69) is 16.9 Å². The van der Waals surface area contributed by atoms with Gasteiger partial charge in [-0.2, -0.15) is 0 Å². The third-order valence-corrected chi connectivity index (χ3v) is 3.37. The second-order valence-corrected chi connectivity index (χ2v) is 4.02. The average molecular weight is 167 g/mol. The molecule has 1 aliphatic heterocycles. The molecule has 0 bridgehead atoms. The highest BCUT2D eigenvalue weighted by Crippen LogP contribution is 2.35. The summed E-state index contributed by atoms with van der Waals surface area (Å²) in [5, 5.41) is 0. The number of hydrogen-bond acceptors (Lipinski definition) is 3. The highest BCUT2D eigenvalue weighted by Gasteiger charge is 2.40. The summed E-state index contributed by atoms with van der Waals surface area (Å²) in [4.78, 5) is 6.50. The number of nitrogens with two attached hydrogens (primary N) is 1. The van der Waals surface area contributed by atoms with Gasteiger partial charge in [0.25, 0.3) is 0 Å². The molecule has 0 saturated heterocycles. The lowest BCUT2D eigenvalue weighted by molar-refractivity contribution is 0.167. The molecule has 3 heteroatoms. The van der Waals surface area contributed by atoms with Gasteiger partial charge < -0.3 is 10.6 Å². The minimum absolute atomic E-state index is 0.308. The molecule has 0 aromatic heterocycles. The Morgan fingerprint density at radius 2 is 2.00 bits per heavy atom. The Morgan fingerprint density at radius 3 is 2.50 bits per heavy atom. The van der Waals surface area contributed by atoms with Gasteiger partial charge in [-0.1, -0.05) is 19.3 Å². The van der Waals surface area contributed by atoms with Crippen LogP contribution in [0.3, 0.4) is 0 Å². The van der Waals surface area contributed by atoms with E-state index in [0.29, 0.717) is 5.54 Å². The van der Waals surface area contributed by atoms with Gasteiger partial charge in [0.15, 0.2) is 5.96 Å². The molecule has 1 fully saturated rings. The average Bonchev–Trinajstić information content (AvgIpc) is 2.37. The van der Waals surface area contributed by atoms with Crippen LogP contribution < -0.4 is 5.73 Å². The Hall–Kier alpha value is -0.730. The SMILES string of the molecule is CN1C(N)=NCC12CCCCC2. The van der Waals surface area contributed by atoms with E-state index in [1.54, 1.807) is 0 Å². The molecule has 0 aromatic carbocycles. The summed E-state index contributed by atoms with van der Waals surface area (Å²) in [7, 11) is 2.08. The fourth-order valence-electron chi connectivity index (χ4n) is 2.39. The fraction of sp³-hybridized carbons (Fsp3) is 0.889. The third kappa shape index (κ3) is 0.993. The molecule has 1 heterocycles. The van der Waals surface area contributed by atoms with Crippen molar-refractivity contribution in [2.75, 3.05) is 13.6 Å². The van der Waals surface area contributed by atoms with Crippen LogP contribution in [0.2, 0.25) is 0 Å². The Bertz CT molecular complexity index is 204. The van der Waals surface area contributed by atoms with E-state index < -0.39 is 0 Å². The molecule has 0 radical (unpaired) electrons. The first-order chi connectivity index (χ1) is 5.75. The van der Waals surface area contributed by atoms with Crippen molar-refractivity contribution < 1.29 is 0 Å². The first kappa shape index (κ1) is 7.90. The smallest absolute Gasteiger partial charge is 0.191 e. The van der Waals surface area contributed by atoms with Gasteiger partial charge in [-0.3, -0.25) is 4.99 Å². The first-order valence-corrected chi connectivity index (χ1v) is 4.78. The van der Waals surface area contributed by atoms with E-state index in [1.807, 2.05) is 0 Å². The maximum Gasteiger partial charge on any atom is 0.191 e. The number of likely N-dealkylation sites (N-methyl/N-ethyl adjacent to an activating group) is 1. The van der Waals surface area contributed by atoms with Crippen LogP contribution in [-0.2, 0) is 0 Å². The minimum atomic E-state index is 0.308. The molecule has 0 unspecified atom stereocenters. The van der Waals surface area contributed by atoms with Crippen LogP contribution in [0, 0.1) is 0 Å². The maximum atomic E-state index is 5.76. The van der Waals surface area contributed by atoms with Crippen LogP contribution in [-0.4, -0.2) is 30.0 Å². The topological polar surface area (TPSA) is 41.6 Å². The zero-order valence-electron chi connectivity index (χ0n) is 7.71. The maximum absolute atomic E-state index is 5.76. The number of rotatable bonds is 0. The highest BCUT2D eigenvalue weighted by molar-refractivity contribution is 5.80. The van der Waals surface area contributed by atoms with Gasteiger partial charge in [0.1, 0.15) is 0 Å². The molecule has 3 nitrogen and oxygen atoms in total. The van der Waals surface area contributed by atoms with Gasteiger partial charge in [0.05, 0.1) is 12.1 Å². The van der Waals surface area contributed by atoms with Crippen LogP contribution in [0.5, 0.6) is 0 Å². The van der Waals surface area contributed by atoms with Crippen molar-refractivity contribution in [2.24, 2.45) is 10.7 Å². The Balaban J connectivity index is 2.12. The molecule has 68 valence electrons. The van der Waals surface area contributed by atoms with Crippen LogP contribution in [0.15, 0.2) is 4.99 Å². The Morgan fingerprint density at radius 1 is 1.33 bits per heavy atom. The third-order valence-electron chi connectivity index (χ3n) is 3.37. The monoisotopic (exact) mass is 167 g/mol. The molecular weight excluding hydrogens is 150 g/mol. The molecule has 2 N–H and O–H groups in total. The van der Waals surface area contributed by atoms with E-state index in [-0.39, 0.29) is 0 Å². The van der Waals surface area contributed by atoms with Crippen molar-refractivity contribution in [1.29, 1.82) is 0 Å². The lowest BCUT2D eigenvalue weighted by atomic mass is 9.81. The van der Waals surface area contributed by atoms with Crippen LogP contribution in [0.25, 0.3) is 0 Å². The molecule has 1 aliphatic carbocycles. The van der Waals surface area contributed by atoms with Crippen molar-refractivity contribution >= 4 is 5.96 Å². The molecule has 0 atom stereocenters. The van der Waals surface area contributed by atoms with Crippen LogP contribution in [0.4, 0.5) is 0 Å². The lowest BCUT2D eigenvalue weighted by Gasteiger charge is -2.39. The molecule has 0 amide bonds. The van der Waals surface area contributed by atoms with Crippen molar-refractivity contribution in [1.82, 2.24) is 4.90 Å². The molecule has 2 aliphatic rings. The quantitative estimate of drug-likeness (QED) is 0.583. The normalized spacial score (nSPS) is 27.8. The molecular formula is C9H17N3. The van der Waals surface area contributed by atoms with Gasteiger partial charge in [0, 0.05) is 7.05 Å². The predicted molar refractivity (Wildman–Crippen MR) is 50.1 cm³/mol. The fourth-order valence-corrected chi connectivity index (χ4v) is 2.39. The summed E-state index contributed by atoms with van der Waals surface area (Å²) in [5.41, 5.74) is 6.07. The predicted octanol–water partition coefficient (Wildman–Crippen LogP) is 0.949. The molecule has 0 aromatic rings. The van der Waals surface area contributed by atoms with Gasteiger partial charge in [-0.05, 0) is 12.8 Å². The summed E-state index contributed by atoms with van der Waals surface area (Å²) < 4.78 is 0. The van der Waals surface area contributed by atoms with Crippen molar-refractivity contribution in [3.05, 3.63) is 0 Å². The second-order valence-electron chi connectivity index (χ2n) is 4.02. The van der Waals surface area contributed by atoms with E-state index in [9.17, 15) is 0 Å². The highest BCUT2D eigenvalue weighted by atomic mass is 15.3. The standard InChI is InChI=1S/C9H17N3/c1-12-8(10)11-7-9(12)5-3-2-4-6-9/h2-7H2,1H3,(H2,10,11). The minimum Gasteiger partial charge on any atom is -0.370 e. The van der Waals surface area contributed by atoms with E-state index in [1.165, 1.54) is 32.1 Å². The summed E-state index contributed by atoms with van der Waals surface area (Å²) >= 11 is 0.